The van der Waals surface area contributed by atoms with Gasteiger partial charge in [-0.05, 0) is 38.6 Å². The van der Waals surface area contributed by atoms with E-state index in [1.165, 1.54) is 0 Å². The molecule has 1 aliphatic rings. The molecule has 0 bridgehead atoms. The van der Waals surface area contributed by atoms with Crippen molar-refractivity contribution >= 4 is 0 Å². The normalized spacial score (nSPS) is 29.9. The average molecular weight is 224 g/mol. The second-order valence-corrected chi connectivity index (χ2v) is 4.71. The van der Waals surface area contributed by atoms with Gasteiger partial charge in [0.2, 0.25) is 0 Å². The average Bonchev–Trinajstić information content (AvgIpc) is 2.34. The highest BCUT2D eigenvalue weighted by molar-refractivity contribution is 5.10. The monoisotopic (exact) mass is 224 g/mol. The van der Waals surface area contributed by atoms with E-state index in [4.69, 9.17) is 4.74 Å². The van der Waals surface area contributed by atoms with E-state index in [9.17, 15) is 5.26 Å². The van der Waals surface area contributed by atoms with Crippen LogP contribution in [-0.2, 0) is 4.74 Å². The Morgan fingerprint density at radius 1 is 1.44 bits per heavy atom. The van der Waals surface area contributed by atoms with Gasteiger partial charge in [-0.3, -0.25) is 5.32 Å². The van der Waals surface area contributed by atoms with E-state index in [1.54, 1.807) is 0 Å². The Labute approximate surface area is 99.2 Å². The van der Waals surface area contributed by atoms with Gasteiger partial charge in [0.25, 0.3) is 0 Å². The summed E-state index contributed by atoms with van der Waals surface area (Å²) in [7, 11) is 0. The first-order valence-corrected chi connectivity index (χ1v) is 6.54. The van der Waals surface area contributed by atoms with Crippen LogP contribution in [0, 0.1) is 11.3 Å². The van der Waals surface area contributed by atoms with Crippen molar-refractivity contribution in [1.82, 2.24) is 5.32 Å². The number of hydrogen-bond acceptors (Lipinski definition) is 3. The zero-order valence-corrected chi connectivity index (χ0v) is 10.6. The summed E-state index contributed by atoms with van der Waals surface area (Å²) in [6, 6.07) is 2.47. The van der Waals surface area contributed by atoms with Crippen LogP contribution in [0.15, 0.2) is 0 Å². The topological polar surface area (TPSA) is 45.0 Å². The number of ether oxygens (including phenoxy) is 1. The molecule has 2 atom stereocenters. The van der Waals surface area contributed by atoms with Crippen molar-refractivity contribution in [3.63, 3.8) is 0 Å². The molecular formula is C13H24N2O. The van der Waals surface area contributed by atoms with Crippen LogP contribution in [0.2, 0.25) is 0 Å². The lowest BCUT2D eigenvalue weighted by Crippen LogP contribution is -2.49. The van der Waals surface area contributed by atoms with Crippen molar-refractivity contribution in [2.24, 2.45) is 0 Å². The molecule has 1 aliphatic carbocycles. The highest BCUT2D eigenvalue weighted by atomic mass is 16.5. The van der Waals surface area contributed by atoms with Crippen molar-refractivity contribution in [2.75, 3.05) is 13.2 Å². The van der Waals surface area contributed by atoms with Gasteiger partial charge in [-0.1, -0.05) is 13.8 Å². The van der Waals surface area contributed by atoms with Crippen LogP contribution in [0.5, 0.6) is 0 Å². The molecule has 0 aliphatic heterocycles. The van der Waals surface area contributed by atoms with E-state index in [2.05, 4.69) is 25.2 Å². The fourth-order valence-corrected chi connectivity index (χ4v) is 2.32. The van der Waals surface area contributed by atoms with E-state index in [0.717, 1.165) is 51.7 Å². The van der Waals surface area contributed by atoms with Gasteiger partial charge in [-0.15, -0.1) is 0 Å². The van der Waals surface area contributed by atoms with Gasteiger partial charge < -0.3 is 4.74 Å². The molecule has 3 nitrogen and oxygen atoms in total. The molecule has 0 aromatic heterocycles. The molecule has 0 radical (unpaired) electrons. The van der Waals surface area contributed by atoms with Gasteiger partial charge in [-0.25, -0.2) is 0 Å². The maximum atomic E-state index is 9.34. The van der Waals surface area contributed by atoms with Gasteiger partial charge in [-0.2, -0.15) is 5.26 Å². The first-order chi connectivity index (χ1) is 7.76. The van der Waals surface area contributed by atoms with E-state index >= 15 is 0 Å². The third kappa shape index (κ3) is 3.77. The molecule has 1 fully saturated rings. The van der Waals surface area contributed by atoms with E-state index in [-0.39, 0.29) is 11.6 Å². The zero-order chi connectivity index (χ0) is 11.9. The molecule has 16 heavy (non-hydrogen) atoms. The van der Waals surface area contributed by atoms with Crippen molar-refractivity contribution in [1.29, 1.82) is 5.26 Å². The Morgan fingerprint density at radius 3 is 2.88 bits per heavy atom. The predicted octanol–water partition coefficient (Wildman–Crippen LogP) is 2.62. The smallest absolute Gasteiger partial charge is 0.109 e. The summed E-state index contributed by atoms with van der Waals surface area (Å²) in [6.07, 6.45) is 6.43. The number of rotatable bonds is 6. The molecule has 3 heteroatoms. The molecular weight excluding hydrogens is 200 g/mol. The van der Waals surface area contributed by atoms with Gasteiger partial charge in [0, 0.05) is 13.0 Å². The van der Waals surface area contributed by atoms with Gasteiger partial charge in [0.1, 0.15) is 5.54 Å². The van der Waals surface area contributed by atoms with E-state index < -0.39 is 0 Å². The number of nitrogens with zero attached hydrogens (tertiary/aromatic N) is 1. The third-order valence-corrected chi connectivity index (χ3v) is 3.19. The van der Waals surface area contributed by atoms with E-state index in [0.29, 0.717) is 0 Å². The molecule has 0 amide bonds. The summed E-state index contributed by atoms with van der Waals surface area (Å²) in [6.45, 7) is 6.00. The van der Waals surface area contributed by atoms with Gasteiger partial charge in [0.15, 0.2) is 0 Å². The zero-order valence-electron chi connectivity index (χ0n) is 10.6. The lowest BCUT2D eigenvalue weighted by Gasteiger charge is -2.36. The summed E-state index contributed by atoms with van der Waals surface area (Å²) in [4.78, 5) is 0. The van der Waals surface area contributed by atoms with Crippen molar-refractivity contribution < 1.29 is 4.74 Å². The van der Waals surface area contributed by atoms with Crippen LogP contribution >= 0.6 is 0 Å². The predicted molar refractivity (Wildman–Crippen MR) is 65.1 cm³/mol. The van der Waals surface area contributed by atoms with Crippen molar-refractivity contribution in [3.05, 3.63) is 0 Å². The lowest BCUT2D eigenvalue weighted by atomic mass is 9.81. The molecule has 0 aromatic rings. The molecule has 1 rings (SSSR count). The van der Waals surface area contributed by atoms with Crippen LogP contribution in [-0.4, -0.2) is 24.8 Å². The van der Waals surface area contributed by atoms with Crippen LogP contribution in [0.4, 0.5) is 0 Å². The Kier molecular flexibility index (Phi) is 5.79. The summed E-state index contributed by atoms with van der Waals surface area (Å²) in [5.74, 6) is 0. The Morgan fingerprint density at radius 2 is 2.25 bits per heavy atom. The molecule has 0 saturated heterocycles. The molecule has 1 saturated carbocycles. The van der Waals surface area contributed by atoms with Crippen LogP contribution < -0.4 is 5.32 Å². The van der Waals surface area contributed by atoms with Crippen LogP contribution in [0.3, 0.4) is 0 Å². The maximum Gasteiger partial charge on any atom is 0.109 e. The number of nitrogens with one attached hydrogen (secondary N) is 1. The number of hydrogen-bond donors (Lipinski definition) is 1. The molecule has 0 heterocycles. The summed E-state index contributed by atoms with van der Waals surface area (Å²) < 4.78 is 5.78. The minimum atomic E-state index is -0.327. The lowest BCUT2D eigenvalue weighted by molar-refractivity contribution is 0.00952. The van der Waals surface area contributed by atoms with Crippen molar-refractivity contribution in [2.45, 2.75) is 64.0 Å². The molecule has 1 N–H and O–H groups in total. The maximum absolute atomic E-state index is 9.34. The van der Waals surface area contributed by atoms with Gasteiger partial charge in [0.05, 0.1) is 12.2 Å². The minimum Gasteiger partial charge on any atom is -0.378 e. The highest BCUT2D eigenvalue weighted by Gasteiger charge is 2.36. The standard InChI is InChI=1S/C13H24N2O/c1-3-8-15-13(11-14)7-5-6-12(10-13)16-9-4-2/h12,15H,3-10H2,1-2H3. The van der Waals surface area contributed by atoms with Gasteiger partial charge >= 0.3 is 0 Å². The Balaban J connectivity index is 2.48. The first kappa shape index (κ1) is 13.5. The second-order valence-electron chi connectivity index (χ2n) is 4.71. The fourth-order valence-electron chi connectivity index (χ4n) is 2.32. The van der Waals surface area contributed by atoms with E-state index in [1.807, 2.05) is 0 Å². The molecule has 0 aromatic carbocycles. The SMILES string of the molecule is CCCNC1(C#N)CCCC(OCCC)C1. The van der Waals surface area contributed by atoms with Crippen LogP contribution in [0.25, 0.3) is 0 Å². The fraction of sp³-hybridized carbons (Fsp3) is 0.923. The second kappa shape index (κ2) is 6.88. The Bertz CT molecular complexity index is 237. The summed E-state index contributed by atoms with van der Waals surface area (Å²) in [5, 5.41) is 12.7. The largest absolute Gasteiger partial charge is 0.378 e. The number of nitriles is 1. The molecule has 0 spiro atoms. The minimum absolute atomic E-state index is 0.276. The first-order valence-electron chi connectivity index (χ1n) is 6.54. The molecule has 92 valence electrons. The summed E-state index contributed by atoms with van der Waals surface area (Å²) >= 11 is 0. The third-order valence-electron chi connectivity index (χ3n) is 3.19. The van der Waals surface area contributed by atoms with Crippen LogP contribution in [0.1, 0.15) is 52.4 Å². The Hall–Kier alpha value is -0.590. The van der Waals surface area contributed by atoms with Crippen molar-refractivity contribution in [3.8, 4) is 6.07 Å². The highest BCUT2D eigenvalue weighted by Crippen LogP contribution is 2.29. The molecule has 2 unspecified atom stereocenters. The summed E-state index contributed by atoms with van der Waals surface area (Å²) in [5.41, 5.74) is -0.327. The quantitative estimate of drug-likeness (QED) is 0.754.